The fourth-order valence-electron chi connectivity index (χ4n) is 2.62. The summed E-state index contributed by atoms with van der Waals surface area (Å²) in [4.78, 5) is 1.05. The van der Waals surface area contributed by atoms with Crippen molar-refractivity contribution in [2.75, 3.05) is 0 Å². The zero-order valence-electron chi connectivity index (χ0n) is 10.9. The summed E-state index contributed by atoms with van der Waals surface area (Å²) in [5.41, 5.74) is 0. The van der Waals surface area contributed by atoms with Gasteiger partial charge in [0.2, 0.25) is 0 Å². The fraction of sp³-hybridized carbons (Fsp3) is 0. The van der Waals surface area contributed by atoms with Gasteiger partial charge in [0.25, 0.3) is 0 Å². The summed E-state index contributed by atoms with van der Waals surface area (Å²) in [5, 5.41) is 2.08. The second kappa shape index (κ2) is 5.01. The van der Waals surface area contributed by atoms with Crippen LogP contribution in [0.4, 0.5) is 0 Å². The van der Waals surface area contributed by atoms with E-state index in [1.807, 2.05) is 36.4 Å². The summed E-state index contributed by atoms with van der Waals surface area (Å²) < 4.78 is 29.2. The van der Waals surface area contributed by atoms with Crippen molar-refractivity contribution in [3.05, 3.63) is 66.0 Å². The molecule has 0 unspecified atom stereocenters. The summed E-state index contributed by atoms with van der Waals surface area (Å²) >= 11 is -0.703. The average molecular weight is 508 g/mol. The Morgan fingerprint density at radius 3 is 1.86 bits per heavy atom. The third kappa shape index (κ3) is 2.02. The van der Waals surface area contributed by atoms with Gasteiger partial charge in [0.15, 0.2) is 0 Å². The number of sulfone groups is 1. The van der Waals surface area contributed by atoms with E-state index < -0.39 is 31.6 Å². The molecule has 5 heteroatoms. The molecule has 2 heterocycles. The molecule has 104 valence electrons. The first-order chi connectivity index (χ1) is 10.2. The number of rotatable bonds is 1. The van der Waals surface area contributed by atoms with Gasteiger partial charge in [0.1, 0.15) is 0 Å². The van der Waals surface area contributed by atoms with Gasteiger partial charge in [-0.15, -0.1) is 0 Å². The van der Waals surface area contributed by atoms with Crippen molar-refractivity contribution < 1.29 is 8.42 Å². The van der Waals surface area contributed by atoms with Gasteiger partial charge in [0.05, 0.1) is 0 Å². The molecule has 4 rings (SSSR count). The molecule has 2 nitrogen and oxygen atoms in total. The maximum absolute atomic E-state index is 12.8. The molecule has 0 aliphatic carbocycles. The number of thiophene rings is 1. The number of hydrogen-bond acceptors (Lipinski definition) is 3. The Kier molecular flexibility index (Phi) is 3.25. The maximum atomic E-state index is 12.8. The normalized spacial score (nSPS) is 16.2. The standard InChI is InChI=1S/C12H8O2S.C4H3S.Bi/c13-15(14,11-7-3-1-4-8-11)12-9-5-2-6-10-12;1-2-4-5-3-1;/h1-7,9H;1-3H;. The second-order valence-corrected chi connectivity index (χ2v) is 17.0. The molecule has 1 aromatic heterocycles. The van der Waals surface area contributed by atoms with Gasteiger partial charge >= 0.3 is 136 Å². The molecule has 0 radical (unpaired) electrons. The first-order valence-electron chi connectivity index (χ1n) is 6.46. The molecular weight excluding hydrogens is 497 g/mol. The summed E-state index contributed by atoms with van der Waals surface area (Å²) in [5.74, 6) is 0. The van der Waals surface area contributed by atoms with Gasteiger partial charge in [-0.1, -0.05) is 0 Å². The van der Waals surface area contributed by atoms with Crippen molar-refractivity contribution in [1.29, 1.82) is 0 Å². The van der Waals surface area contributed by atoms with Crippen molar-refractivity contribution in [1.82, 2.24) is 0 Å². The molecule has 21 heavy (non-hydrogen) atoms. The molecule has 0 atom stereocenters. The molecule has 0 N–H and O–H groups in total. The molecule has 0 saturated heterocycles. The molecule has 1 aliphatic rings. The summed E-state index contributed by atoms with van der Waals surface area (Å²) in [7, 11) is -3.37. The SMILES string of the molecule is O=S1(=O)c2cccc[c]2[Bi]([c]2cccs2)[c]2ccccc21. The molecule has 0 spiro atoms. The molecule has 0 amide bonds. The van der Waals surface area contributed by atoms with E-state index in [-0.39, 0.29) is 0 Å². The van der Waals surface area contributed by atoms with Crippen LogP contribution < -0.4 is 9.13 Å². The Balaban J connectivity index is 2.11. The predicted molar refractivity (Wildman–Crippen MR) is 87.3 cm³/mol. The molecule has 0 bridgehead atoms. The Labute approximate surface area is 135 Å². The van der Waals surface area contributed by atoms with E-state index in [9.17, 15) is 8.42 Å². The first kappa shape index (κ1) is 13.6. The fourth-order valence-corrected chi connectivity index (χ4v) is 20.6. The van der Waals surface area contributed by atoms with Crippen molar-refractivity contribution in [2.24, 2.45) is 0 Å². The number of benzene rings is 2. The topological polar surface area (TPSA) is 34.1 Å². The van der Waals surface area contributed by atoms with E-state index in [0.717, 1.165) is 6.54 Å². The monoisotopic (exact) mass is 508 g/mol. The van der Waals surface area contributed by atoms with Crippen LogP contribution in [0, 0.1) is 0 Å². The van der Waals surface area contributed by atoms with Crippen LogP contribution in [0.15, 0.2) is 75.8 Å². The van der Waals surface area contributed by atoms with Gasteiger partial charge in [0, 0.05) is 0 Å². The van der Waals surface area contributed by atoms with Crippen molar-refractivity contribution >= 4 is 52.1 Å². The van der Waals surface area contributed by atoms with Gasteiger partial charge in [-0.25, -0.2) is 0 Å². The third-order valence-electron chi connectivity index (χ3n) is 3.52. The Morgan fingerprint density at radius 2 is 1.33 bits per heavy atom. The Bertz CT molecular complexity index is 861. The van der Waals surface area contributed by atoms with E-state index in [4.69, 9.17) is 0 Å². The van der Waals surface area contributed by atoms with Crippen LogP contribution in [0.25, 0.3) is 0 Å². The van der Waals surface area contributed by atoms with E-state index in [1.54, 1.807) is 23.5 Å². The zero-order chi connectivity index (χ0) is 14.4. The molecular formula is C16H11BiO2S2. The quantitative estimate of drug-likeness (QED) is 0.365. The van der Waals surface area contributed by atoms with Crippen LogP contribution in [0.5, 0.6) is 0 Å². The van der Waals surface area contributed by atoms with Crippen LogP contribution in [0.3, 0.4) is 0 Å². The van der Waals surface area contributed by atoms with Crippen molar-refractivity contribution in [2.45, 2.75) is 9.79 Å². The van der Waals surface area contributed by atoms with E-state index in [2.05, 4.69) is 17.5 Å². The number of fused-ring (bicyclic) bond motifs is 2. The van der Waals surface area contributed by atoms with Crippen LogP contribution in [-0.4, -0.2) is 30.2 Å². The van der Waals surface area contributed by atoms with Crippen molar-refractivity contribution in [3.8, 4) is 0 Å². The third-order valence-corrected chi connectivity index (χ3v) is 19.2. The summed E-state index contributed by atoms with van der Waals surface area (Å²) in [6.45, 7) is 0. The molecule has 0 fully saturated rings. The minimum atomic E-state index is -3.37. The zero-order valence-corrected chi connectivity index (χ0v) is 16.0. The minimum absolute atomic E-state index is 0.523. The van der Waals surface area contributed by atoms with Crippen LogP contribution in [-0.2, 0) is 9.84 Å². The van der Waals surface area contributed by atoms with Gasteiger partial charge < -0.3 is 0 Å². The summed E-state index contributed by atoms with van der Waals surface area (Å²) in [6, 6.07) is 19.3. The van der Waals surface area contributed by atoms with E-state index >= 15 is 0 Å². The number of hydrogen-bond donors (Lipinski definition) is 0. The van der Waals surface area contributed by atoms with Gasteiger partial charge in [-0.05, 0) is 0 Å². The Hall–Kier alpha value is -1.03. The molecule has 2 aromatic carbocycles. The predicted octanol–water partition coefficient (Wildman–Crippen LogP) is 1.41. The van der Waals surface area contributed by atoms with E-state index in [1.165, 1.54) is 2.59 Å². The van der Waals surface area contributed by atoms with Crippen LogP contribution in [0.2, 0.25) is 0 Å². The molecule has 0 saturated carbocycles. The van der Waals surface area contributed by atoms with Gasteiger partial charge in [-0.3, -0.25) is 0 Å². The van der Waals surface area contributed by atoms with Crippen LogP contribution in [0.1, 0.15) is 0 Å². The average Bonchev–Trinajstić information content (AvgIpc) is 3.02. The van der Waals surface area contributed by atoms with E-state index in [0.29, 0.717) is 9.79 Å². The first-order valence-corrected chi connectivity index (χ1v) is 14.0. The van der Waals surface area contributed by atoms with Crippen LogP contribution >= 0.6 is 11.3 Å². The molecule has 1 aliphatic heterocycles. The van der Waals surface area contributed by atoms with Crippen molar-refractivity contribution in [3.63, 3.8) is 0 Å². The second-order valence-electron chi connectivity index (χ2n) is 4.73. The Morgan fingerprint density at radius 1 is 0.762 bits per heavy atom. The van der Waals surface area contributed by atoms with Gasteiger partial charge in [-0.2, -0.15) is 0 Å². The summed E-state index contributed by atoms with van der Waals surface area (Å²) in [6.07, 6.45) is 0. The molecule has 3 aromatic rings.